The van der Waals surface area contributed by atoms with Gasteiger partial charge in [0.1, 0.15) is 5.75 Å². The number of piperidine rings is 1. The third-order valence-corrected chi connectivity index (χ3v) is 6.32. The number of nitrogens with zero attached hydrogens (tertiary/aromatic N) is 1. The fourth-order valence-electron chi connectivity index (χ4n) is 3.25. The first kappa shape index (κ1) is 20.5. The number of nitrogens with one attached hydrogen (secondary N) is 1. The smallest absolute Gasteiger partial charge is 0.253 e. The van der Waals surface area contributed by atoms with Crippen LogP contribution in [-0.2, 0) is 9.84 Å². The second-order valence-corrected chi connectivity index (χ2v) is 9.27. The molecule has 0 aromatic heterocycles. The highest BCUT2D eigenvalue weighted by atomic mass is 35.5. The van der Waals surface area contributed by atoms with Gasteiger partial charge in [-0.1, -0.05) is 11.6 Å². The molecule has 1 aliphatic heterocycles. The van der Waals surface area contributed by atoms with E-state index in [-0.39, 0.29) is 27.4 Å². The van der Waals surface area contributed by atoms with E-state index in [1.165, 1.54) is 18.2 Å². The lowest BCUT2D eigenvalue weighted by Gasteiger charge is -2.34. The maximum Gasteiger partial charge on any atom is 0.253 e. The summed E-state index contributed by atoms with van der Waals surface area (Å²) in [5.41, 5.74) is 1.30. The van der Waals surface area contributed by atoms with Crippen LogP contribution >= 0.6 is 11.6 Å². The van der Waals surface area contributed by atoms with Crippen LogP contribution in [-0.4, -0.2) is 46.8 Å². The summed E-state index contributed by atoms with van der Waals surface area (Å²) in [6.45, 7) is 1.63. The zero-order valence-corrected chi connectivity index (χ0v) is 17.4. The van der Waals surface area contributed by atoms with Crippen molar-refractivity contribution in [3.8, 4) is 5.75 Å². The molecule has 3 rings (SSSR count). The number of carbonyl (C=O) groups is 1. The summed E-state index contributed by atoms with van der Waals surface area (Å²) in [5, 5.41) is 3.22. The number of ether oxygens (including phenoxy) is 1. The van der Waals surface area contributed by atoms with Crippen molar-refractivity contribution in [3.05, 3.63) is 53.1 Å². The van der Waals surface area contributed by atoms with Gasteiger partial charge in [-0.15, -0.1) is 0 Å². The molecule has 2 aromatic rings. The third-order valence-electron chi connectivity index (χ3n) is 4.88. The van der Waals surface area contributed by atoms with Crippen molar-refractivity contribution in [3.63, 3.8) is 0 Å². The molecule has 6 nitrogen and oxygen atoms in total. The van der Waals surface area contributed by atoms with E-state index >= 15 is 0 Å². The van der Waals surface area contributed by atoms with Crippen LogP contribution in [0.1, 0.15) is 23.2 Å². The maximum atomic E-state index is 12.6. The normalized spacial score (nSPS) is 15.3. The minimum absolute atomic E-state index is 0.0138. The van der Waals surface area contributed by atoms with Crippen LogP contribution in [0, 0.1) is 0 Å². The summed E-state index contributed by atoms with van der Waals surface area (Å²) in [5.74, 6) is 0.470. The summed E-state index contributed by atoms with van der Waals surface area (Å²) in [6.07, 6.45) is 2.69. The monoisotopic (exact) mass is 422 g/mol. The van der Waals surface area contributed by atoms with Crippen molar-refractivity contribution in [2.75, 3.05) is 31.4 Å². The van der Waals surface area contributed by atoms with Crippen LogP contribution in [0.2, 0.25) is 5.02 Å². The number of amides is 1. The predicted octanol–water partition coefficient (Wildman–Crippen LogP) is 3.15. The lowest BCUT2D eigenvalue weighted by atomic mass is 10.0. The minimum atomic E-state index is -3.41. The van der Waals surface area contributed by atoms with Gasteiger partial charge >= 0.3 is 0 Å². The molecular formula is C20H23ClN2O4S. The minimum Gasteiger partial charge on any atom is -0.497 e. The summed E-state index contributed by atoms with van der Waals surface area (Å²) < 4.78 is 28.6. The first-order chi connectivity index (χ1) is 13.3. The second-order valence-electron chi connectivity index (χ2n) is 6.85. The summed E-state index contributed by atoms with van der Waals surface area (Å²) in [7, 11) is -1.77. The molecular weight excluding hydrogens is 400 g/mol. The van der Waals surface area contributed by atoms with Crippen molar-refractivity contribution in [2.45, 2.75) is 23.8 Å². The summed E-state index contributed by atoms with van der Waals surface area (Å²) in [4.78, 5) is 15.0. The Balaban J connectivity index is 1.62. The average molecular weight is 423 g/mol. The molecule has 0 bridgehead atoms. The van der Waals surface area contributed by atoms with Crippen molar-refractivity contribution >= 4 is 33.0 Å². The predicted molar refractivity (Wildman–Crippen MR) is 110 cm³/mol. The lowest BCUT2D eigenvalue weighted by molar-refractivity contribution is 0.0931. The van der Waals surface area contributed by atoms with E-state index in [1.54, 1.807) is 7.11 Å². The molecule has 0 spiro atoms. The van der Waals surface area contributed by atoms with Gasteiger partial charge in [0.15, 0.2) is 9.84 Å². The fraction of sp³-hybridized carbons (Fsp3) is 0.350. The van der Waals surface area contributed by atoms with Crippen LogP contribution in [0.4, 0.5) is 5.69 Å². The maximum absolute atomic E-state index is 12.6. The number of rotatable bonds is 5. The zero-order chi connectivity index (χ0) is 20.3. The van der Waals surface area contributed by atoms with Gasteiger partial charge in [-0.3, -0.25) is 4.79 Å². The van der Waals surface area contributed by atoms with Gasteiger partial charge in [0.25, 0.3) is 5.91 Å². The topological polar surface area (TPSA) is 75.7 Å². The molecule has 1 aliphatic rings. The van der Waals surface area contributed by atoms with Gasteiger partial charge in [-0.25, -0.2) is 8.42 Å². The van der Waals surface area contributed by atoms with Crippen LogP contribution in [0.5, 0.6) is 5.75 Å². The van der Waals surface area contributed by atoms with Gasteiger partial charge in [0.05, 0.1) is 22.6 Å². The van der Waals surface area contributed by atoms with E-state index in [1.807, 2.05) is 24.3 Å². The Morgan fingerprint density at radius 3 is 2.36 bits per heavy atom. The van der Waals surface area contributed by atoms with Gasteiger partial charge in [0, 0.05) is 31.1 Å². The Morgan fingerprint density at radius 2 is 1.79 bits per heavy atom. The van der Waals surface area contributed by atoms with Gasteiger partial charge < -0.3 is 15.0 Å². The molecule has 0 radical (unpaired) electrons. The van der Waals surface area contributed by atoms with Crippen molar-refractivity contribution in [1.29, 1.82) is 0 Å². The number of carbonyl (C=O) groups excluding carboxylic acids is 1. The van der Waals surface area contributed by atoms with Crippen molar-refractivity contribution in [2.24, 2.45) is 0 Å². The standard InChI is InChI=1S/C20H23ClN2O4S/c1-27-16-5-3-15(4-6-16)23-11-9-14(10-12-23)22-20(24)18-13-17(28(2,25)26)7-8-19(18)21/h3-8,13-14H,9-12H2,1-2H3,(H,22,24). The first-order valence-corrected chi connectivity index (χ1v) is 11.2. The number of hydrogen-bond donors (Lipinski definition) is 1. The zero-order valence-electron chi connectivity index (χ0n) is 15.8. The van der Waals surface area contributed by atoms with Crippen LogP contribution in [0.15, 0.2) is 47.4 Å². The Bertz CT molecular complexity index is 953. The number of benzene rings is 2. The third kappa shape index (κ3) is 4.77. The van der Waals surface area contributed by atoms with E-state index in [2.05, 4.69) is 10.2 Å². The highest BCUT2D eigenvalue weighted by Gasteiger charge is 2.23. The van der Waals surface area contributed by atoms with Crippen LogP contribution in [0.25, 0.3) is 0 Å². The van der Waals surface area contributed by atoms with Crippen molar-refractivity contribution < 1.29 is 17.9 Å². The summed E-state index contributed by atoms with van der Waals surface area (Å²) in [6, 6.07) is 12.1. The van der Waals surface area contributed by atoms with Gasteiger partial charge in [-0.2, -0.15) is 0 Å². The molecule has 1 N–H and O–H groups in total. The molecule has 2 aromatic carbocycles. The van der Waals surface area contributed by atoms with Crippen LogP contribution < -0.4 is 15.0 Å². The van der Waals surface area contributed by atoms with Crippen LogP contribution in [0.3, 0.4) is 0 Å². The molecule has 1 saturated heterocycles. The average Bonchev–Trinajstić information content (AvgIpc) is 2.68. The number of methoxy groups -OCH3 is 1. The molecule has 1 heterocycles. The first-order valence-electron chi connectivity index (χ1n) is 8.97. The second kappa shape index (κ2) is 8.41. The summed E-state index contributed by atoms with van der Waals surface area (Å²) >= 11 is 6.11. The largest absolute Gasteiger partial charge is 0.497 e. The lowest BCUT2D eigenvalue weighted by Crippen LogP contribution is -2.44. The highest BCUT2D eigenvalue weighted by molar-refractivity contribution is 7.90. The molecule has 150 valence electrons. The molecule has 0 aliphatic carbocycles. The molecule has 8 heteroatoms. The quantitative estimate of drug-likeness (QED) is 0.801. The number of halogens is 1. The Kier molecular flexibility index (Phi) is 6.15. The van der Waals surface area contributed by atoms with E-state index in [9.17, 15) is 13.2 Å². The van der Waals surface area contributed by atoms with E-state index in [0.717, 1.165) is 43.6 Å². The van der Waals surface area contributed by atoms with E-state index in [4.69, 9.17) is 16.3 Å². The molecule has 0 unspecified atom stereocenters. The highest BCUT2D eigenvalue weighted by Crippen LogP contribution is 2.24. The van der Waals surface area contributed by atoms with Gasteiger partial charge in [0.2, 0.25) is 0 Å². The number of anilines is 1. The van der Waals surface area contributed by atoms with Crippen molar-refractivity contribution in [1.82, 2.24) is 5.32 Å². The van der Waals surface area contributed by atoms with E-state index < -0.39 is 9.84 Å². The fourth-order valence-corrected chi connectivity index (χ4v) is 4.10. The van der Waals surface area contributed by atoms with E-state index in [0.29, 0.717) is 0 Å². The van der Waals surface area contributed by atoms with Gasteiger partial charge in [-0.05, 0) is 55.3 Å². The Morgan fingerprint density at radius 1 is 1.14 bits per heavy atom. The molecule has 28 heavy (non-hydrogen) atoms. The molecule has 0 atom stereocenters. The number of sulfone groups is 1. The SMILES string of the molecule is COc1ccc(N2CCC(NC(=O)c3cc(S(C)(=O)=O)ccc3Cl)CC2)cc1. The number of hydrogen-bond acceptors (Lipinski definition) is 5. The molecule has 0 saturated carbocycles. The Hall–Kier alpha value is -2.25. The Labute approximate surface area is 170 Å². The molecule has 1 amide bonds. The molecule has 1 fully saturated rings.